The van der Waals surface area contributed by atoms with Crippen LogP contribution in [-0.4, -0.2) is 70.0 Å². The summed E-state index contributed by atoms with van der Waals surface area (Å²) in [7, 11) is 0. The topological polar surface area (TPSA) is 54.4 Å². The van der Waals surface area contributed by atoms with Gasteiger partial charge in [-0.25, -0.2) is 22.0 Å². The number of hydrogen-bond acceptors (Lipinski definition) is 6. The Morgan fingerprint density at radius 1 is 1.11 bits per heavy atom. The van der Waals surface area contributed by atoms with Crippen LogP contribution in [0.5, 0.6) is 6.01 Å². The summed E-state index contributed by atoms with van der Waals surface area (Å²) in [5.74, 6) is -1.24. The fourth-order valence-electron chi connectivity index (χ4n) is 7.71. The van der Waals surface area contributed by atoms with E-state index in [1.54, 1.807) is 9.80 Å². The smallest absolute Gasteiger partial charge is 0.319 e. The molecule has 45 heavy (non-hydrogen) atoms. The largest absolute Gasteiger partial charge is 0.461 e. The zero-order chi connectivity index (χ0) is 32.8. The van der Waals surface area contributed by atoms with Gasteiger partial charge in [0.05, 0.1) is 25.3 Å². The Morgan fingerprint density at radius 3 is 2.82 bits per heavy atom. The minimum atomic E-state index is -2.45. The third-order valence-corrected chi connectivity index (χ3v) is 9.89. The van der Waals surface area contributed by atoms with Crippen molar-refractivity contribution in [1.82, 2.24) is 19.9 Å². The first-order valence-electron chi connectivity index (χ1n) is 16.3. The third-order valence-electron chi connectivity index (χ3n) is 9.89. The Kier molecular flexibility index (Phi) is 6.12. The quantitative estimate of drug-likeness (QED) is 0.187. The molecule has 2 aromatic carbocycles. The summed E-state index contributed by atoms with van der Waals surface area (Å²) >= 11 is 0. The van der Waals surface area contributed by atoms with Crippen LogP contribution in [-0.2, 0) is 0 Å². The number of terminal acetylenes is 1. The maximum Gasteiger partial charge on any atom is 0.319 e. The average molecular weight is 622 g/mol. The molecule has 0 amide bonds. The van der Waals surface area contributed by atoms with E-state index in [0.29, 0.717) is 32.4 Å². The number of rotatable bonds is 5. The first kappa shape index (κ1) is 26.2. The number of alkyl halides is 2. The van der Waals surface area contributed by atoms with E-state index in [1.165, 1.54) is 24.4 Å². The normalized spacial score (nSPS) is 28.8. The molecule has 0 bridgehead atoms. The minimum absolute atomic E-state index is 0.0714. The number of hydrogen-bond donors (Lipinski definition) is 0. The van der Waals surface area contributed by atoms with Gasteiger partial charge in [0.2, 0.25) is 0 Å². The molecule has 4 fully saturated rings. The molecule has 4 aromatic rings. The van der Waals surface area contributed by atoms with Crippen molar-refractivity contribution in [3.63, 3.8) is 0 Å². The van der Waals surface area contributed by atoms with E-state index in [9.17, 15) is 13.2 Å². The predicted molar refractivity (Wildman–Crippen MR) is 160 cm³/mol. The minimum Gasteiger partial charge on any atom is -0.461 e. The van der Waals surface area contributed by atoms with Crippen molar-refractivity contribution < 1.29 is 29.4 Å². The van der Waals surface area contributed by atoms with Gasteiger partial charge in [0, 0.05) is 42.6 Å². The first-order valence-corrected chi connectivity index (χ1v) is 15.3. The second kappa shape index (κ2) is 10.5. The van der Waals surface area contributed by atoms with Crippen molar-refractivity contribution in [3.05, 3.63) is 53.5 Å². The lowest BCUT2D eigenvalue weighted by Crippen LogP contribution is -2.43. The molecule has 5 heterocycles. The number of ether oxygens (including phenoxy) is 1. The molecule has 232 valence electrons. The molecule has 2 aromatic heterocycles. The molecule has 1 saturated carbocycles. The summed E-state index contributed by atoms with van der Waals surface area (Å²) in [5.41, 5.74) is -2.09. The average Bonchev–Trinajstić information content (AvgIpc) is 3.39. The second-order valence-electron chi connectivity index (χ2n) is 12.5. The van der Waals surface area contributed by atoms with Crippen LogP contribution in [0.25, 0.3) is 32.9 Å². The molecular weight excluding hydrogens is 589 g/mol. The van der Waals surface area contributed by atoms with E-state index >= 15 is 8.78 Å². The zero-order valence-electron chi connectivity index (χ0n) is 26.2. The molecule has 3 saturated heterocycles. The van der Waals surface area contributed by atoms with Crippen LogP contribution in [0.2, 0.25) is 0 Å². The van der Waals surface area contributed by atoms with E-state index in [1.807, 2.05) is 0 Å². The maximum absolute atomic E-state index is 16.8. The number of halogens is 5. The highest BCUT2D eigenvalue weighted by molar-refractivity contribution is 6.02. The number of benzene rings is 2. The molecular formula is C34H30F5N5O. The number of pyridine rings is 1. The highest BCUT2D eigenvalue weighted by Gasteiger charge is 2.56. The van der Waals surface area contributed by atoms with Gasteiger partial charge in [-0.2, -0.15) is 9.97 Å². The van der Waals surface area contributed by atoms with Gasteiger partial charge in [-0.05, 0) is 43.7 Å². The van der Waals surface area contributed by atoms with Crippen molar-refractivity contribution in [3.8, 4) is 29.6 Å². The van der Waals surface area contributed by atoms with Crippen molar-refractivity contribution >= 4 is 27.5 Å². The summed E-state index contributed by atoms with van der Waals surface area (Å²) in [6.45, 7) is -1.44. The van der Waals surface area contributed by atoms with E-state index < -0.39 is 53.9 Å². The van der Waals surface area contributed by atoms with Gasteiger partial charge in [0.1, 0.15) is 35.9 Å². The summed E-state index contributed by atoms with van der Waals surface area (Å²) < 4.78 is 99.5. The fourth-order valence-corrected chi connectivity index (χ4v) is 7.71. The van der Waals surface area contributed by atoms with Crippen LogP contribution < -0.4 is 9.64 Å². The van der Waals surface area contributed by atoms with E-state index in [4.69, 9.17) is 13.9 Å². The van der Waals surface area contributed by atoms with Crippen LogP contribution in [0.3, 0.4) is 0 Å². The molecule has 5 atom stereocenters. The van der Waals surface area contributed by atoms with Crippen LogP contribution in [0, 0.1) is 35.7 Å². The number of nitrogens with zero attached hydrogens (tertiary/aromatic N) is 5. The van der Waals surface area contributed by atoms with Crippen LogP contribution in [0.1, 0.15) is 46.8 Å². The van der Waals surface area contributed by atoms with Gasteiger partial charge in [-0.3, -0.25) is 9.88 Å². The van der Waals surface area contributed by atoms with Crippen molar-refractivity contribution in [2.24, 2.45) is 5.92 Å². The monoisotopic (exact) mass is 621 g/mol. The summed E-state index contributed by atoms with van der Waals surface area (Å²) in [6.07, 6.45) is 7.77. The van der Waals surface area contributed by atoms with Crippen LogP contribution >= 0.6 is 0 Å². The second-order valence-corrected chi connectivity index (χ2v) is 12.5. The van der Waals surface area contributed by atoms with Gasteiger partial charge in [0.25, 0.3) is 0 Å². The van der Waals surface area contributed by atoms with Gasteiger partial charge in [0.15, 0.2) is 17.5 Å². The summed E-state index contributed by atoms with van der Waals surface area (Å²) in [6, 6.07) is 4.53. The van der Waals surface area contributed by atoms with E-state index in [2.05, 4.69) is 20.9 Å². The molecule has 8 rings (SSSR count). The van der Waals surface area contributed by atoms with Gasteiger partial charge >= 0.3 is 6.01 Å². The molecule has 6 nitrogen and oxygen atoms in total. The van der Waals surface area contributed by atoms with Crippen LogP contribution in [0.4, 0.5) is 27.8 Å². The van der Waals surface area contributed by atoms with Crippen molar-refractivity contribution in [1.29, 1.82) is 0 Å². The number of aromatic nitrogens is 3. The lowest BCUT2D eigenvalue weighted by molar-refractivity contribution is 0.107. The summed E-state index contributed by atoms with van der Waals surface area (Å²) in [5, 5.41) is 0.467. The Balaban J connectivity index is 1.32. The fraction of sp³-hybridized carbons (Fsp3) is 0.441. The number of fused-ring (bicyclic) bond motifs is 4. The van der Waals surface area contributed by atoms with Crippen molar-refractivity contribution in [2.75, 3.05) is 31.1 Å². The van der Waals surface area contributed by atoms with Gasteiger partial charge in [-0.1, -0.05) is 30.5 Å². The Labute approximate surface area is 259 Å². The van der Waals surface area contributed by atoms with Crippen LogP contribution in [0.15, 0.2) is 30.5 Å². The third kappa shape index (κ3) is 4.43. The molecule has 0 N–H and O–H groups in total. The van der Waals surface area contributed by atoms with E-state index in [-0.39, 0.29) is 63.2 Å². The molecule has 3 aliphatic heterocycles. The molecule has 0 radical (unpaired) electrons. The molecule has 1 aliphatic carbocycles. The molecule has 0 unspecified atom stereocenters. The Morgan fingerprint density at radius 2 is 1.98 bits per heavy atom. The highest BCUT2D eigenvalue weighted by Crippen LogP contribution is 2.48. The molecule has 11 heteroatoms. The maximum atomic E-state index is 16.8. The lowest BCUT2D eigenvalue weighted by Gasteiger charge is -2.31. The zero-order valence-corrected chi connectivity index (χ0v) is 24.2. The Hall–Kier alpha value is -4.04. The predicted octanol–water partition coefficient (Wildman–Crippen LogP) is 6.53. The SMILES string of the molecule is [2H]C([2H])(Oc1nc(N2CCCC[C@H]3[C@H](F)[C@H]32)c2cnc(-c3cccc4cc(F)c(F)c(C#C)c34)c(F)c2n1)[C@@]12CCCN1C[C@H](F)C2. The van der Waals surface area contributed by atoms with E-state index in [0.717, 1.165) is 18.9 Å². The standard InChI is InChI=1S/C34H30F5N5O/c1-2-20-25-18(13-24(36)26(20)37)7-5-9-21(25)29-28(39)30-23(15-40-29)32(44-12-4-3-8-22-27(38)31(22)44)42-33(41-30)45-17-34-10-6-11-43(34)16-19(35)14-34/h1,5,7,9,13,15,19,22,27,31H,3-4,6,8,10-12,14,16-17H2/t19-,22+,27+,31+,34+/m1/s1/i17D2. The van der Waals surface area contributed by atoms with Gasteiger partial charge < -0.3 is 9.64 Å². The van der Waals surface area contributed by atoms with Crippen molar-refractivity contribution in [2.45, 2.75) is 62.4 Å². The lowest BCUT2D eigenvalue weighted by atomic mass is 9.95. The number of anilines is 1. The molecule has 0 spiro atoms. The Bertz CT molecular complexity index is 1990. The van der Waals surface area contributed by atoms with Gasteiger partial charge in [-0.15, -0.1) is 6.42 Å². The highest BCUT2D eigenvalue weighted by atomic mass is 19.2. The first-order chi connectivity index (χ1) is 22.5. The molecule has 4 aliphatic rings. The summed E-state index contributed by atoms with van der Waals surface area (Å²) in [4.78, 5) is 16.8.